The maximum Gasteiger partial charge on any atom is 0.408 e. The van der Waals surface area contributed by atoms with E-state index in [1.165, 1.54) is 0 Å². The Hall–Kier alpha value is -2.77. The third kappa shape index (κ3) is 8.01. The first-order valence-electron chi connectivity index (χ1n) is 10.1. The van der Waals surface area contributed by atoms with Gasteiger partial charge in [0, 0.05) is 18.0 Å². The summed E-state index contributed by atoms with van der Waals surface area (Å²) in [5.41, 5.74) is 11.4. The first kappa shape index (κ1) is 22.5. The fourth-order valence-electron chi connectivity index (χ4n) is 3.23. The highest BCUT2D eigenvalue weighted by atomic mass is 16.6. The summed E-state index contributed by atoms with van der Waals surface area (Å²) in [6, 6.07) is 6.10. The molecule has 8 heteroatoms. The number of hydrogen-bond donors (Lipinski definition) is 4. The van der Waals surface area contributed by atoms with Crippen LogP contribution in [0, 0.1) is 5.92 Å². The molecule has 1 atom stereocenters. The van der Waals surface area contributed by atoms with Crippen molar-refractivity contribution in [3.8, 4) is 0 Å². The number of alkyl carbamates (subject to hydrolysis) is 1. The van der Waals surface area contributed by atoms with Gasteiger partial charge in [-0.15, -0.1) is 0 Å². The van der Waals surface area contributed by atoms with Crippen molar-refractivity contribution in [2.24, 2.45) is 5.92 Å². The van der Waals surface area contributed by atoms with Crippen molar-refractivity contribution in [3.63, 3.8) is 0 Å². The number of rotatable bonds is 5. The van der Waals surface area contributed by atoms with Crippen LogP contribution in [0.2, 0.25) is 0 Å². The molecule has 0 heterocycles. The summed E-state index contributed by atoms with van der Waals surface area (Å²) in [6.07, 6.45) is 4.36. The van der Waals surface area contributed by atoms with E-state index in [2.05, 4.69) is 16.2 Å². The standard InChI is InChI=1S/C21H32N4O4/c1-21(2,3)29-20(28)23-17(13-14-9-11-16(22)12-10-14)19(27)25-24-18(26)15-7-5-4-6-8-15/h9-12,15,17H,4-8,13,22H2,1-3H3,(H,23,28)(H,24,26)(H,25,27)/t17-/m0/s1. The SMILES string of the molecule is CC(C)(C)OC(=O)N[C@@H](Cc1ccc(N)cc1)C(=O)NNC(=O)C1CCCCC1. The van der Waals surface area contributed by atoms with E-state index in [0.717, 1.165) is 37.7 Å². The van der Waals surface area contributed by atoms with E-state index in [1.807, 2.05) is 0 Å². The van der Waals surface area contributed by atoms with Gasteiger partial charge < -0.3 is 15.8 Å². The van der Waals surface area contributed by atoms with Crippen molar-refractivity contribution >= 4 is 23.6 Å². The van der Waals surface area contributed by atoms with E-state index in [4.69, 9.17) is 10.5 Å². The molecule has 1 aliphatic rings. The lowest BCUT2D eigenvalue weighted by Gasteiger charge is -2.24. The molecule has 3 amide bonds. The van der Waals surface area contributed by atoms with Crippen LogP contribution in [-0.4, -0.2) is 29.6 Å². The first-order chi connectivity index (χ1) is 13.6. The lowest BCUT2D eigenvalue weighted by Crippen LogP contribution is -2.54. The average molecular weight is 405 g/mol. The molecule has 8 nitrogen and oxygen atoms in total. The van der Waals surface area contributed by atoms with Gasteiger partial charge in [0.25, 0.3) is 5.91 Å². The Morgan fingerprint density at radius 1 is 1.07 bits per heavy atom. The summed E-state index contributed by atoms with van der Waals surface area (Å²) in [4.78, 5) is 37.1. The second-order valence-corrected chi connectivity index (χ2v) is 8.46. The van der Waals surface area contributed by atoms with E-state index < -0.39 is 23.6 Å². The minimum Gasteiger partial charge on any atom is -0.444 e. The second kappa shape index (κ2) is 10.1. The molecule has 0 radical (unpaired) electrons. The molecular weight excluding hydrogens is 372 g/mol. The highest BCUT2D eigenvalue weighted by Gasteiger charge is 2.26. The van der Waals surface area contributed by atoms with Crippen LogP contribution >= 0.6 is 0 Å². The van der Waals surface area contributed by atoms with Crippen LogP contribution in [0.25, 0.3) is 0 Å². The van der Waals surface area contributed by atoms with Gasteiger partial charge in [0.15, 0.2) is 0 Å². The van der Waals surface area contributed by atoms with Crippen LogP contribution in [0.5, 0.6) is 0 Å². The Kier molecular flexibility index (Phi) is 7.87. The van der Waals surface area contributed by atoms with Crippen molar-refractivity contribution in [2.75, 3.05) is 5.73 Å². The fraction of sp³-hybridized carbons (Fsp3) is 0.571. The zero-order chi connectivity index (χ0) is 21.4. The van der Waals surface area contributed by atoms with Crippen molar-refractivity contribution in [1.29, 1.82) is 0 Å². The maximum atomic E-state index is 12.7. The number of benzene rings is 1. The number of ether oxygens (including phenoxy) is 1. The normalized spacial score (nSPS) is 15.8. The number of hydrazine groups is 1. The molecule has 0 aliphatic heterocycles. The monoisotopic (exact) mass is 404 g/mol. The zero-order valence-corrected chi connectivity index (χ0v) is 17.4. The molecule has 0 bridgehead atoms. The van der Waals surface area contributed by atoms with Crippen LogP contribution in [0.15, 0.2) is 24.3 Å². The number of nitrogens with one attached hydrogen (secondary N) is 3. The lowest BCUT2D eigenvalue weighted by molar-refractivity contribution is -0.132. The van der Waals surface area contributed by atoms with Gasteiger partial charge in [0.1, 0.15) is 11.6 Å². The number of anilines is 1. The van der Waals surface area contributed by atoms with Gasteiger partial charge in [0.2, 0.25) is 5.91 Å². The van der Waals surface area contributed by atoms with Crippen molar-refractivity contribution in [2.45, 2.75) is 70.9 Å². The number of nitrogen functional groups attached to an aromatic ring is 1. The highest BCUT2D eigenvalue weighted by Crippen LogP contribution is 2.23. The van der Waals surface area contributed by atoms with Crippen LogP contribution in [0.4, 0.5) is 10.5 Å². The molecule has 160 valence electrons. The quantitative estimate of drug-likeness (QED) is 0.443. The fourth-order valence-corrected chi connectivity index (χ4v) is 3.23. The molecule has 2 rings (SSSR count). The second-order valence-electron chi connectivity index (χ2n) is 8.46. The molecule has 1 saturated carbocycles. The summed E-state index contributed by atoms with van der Waals surface area (Å²) in [5, 5.41) is 2.58. The van der Waals surface area contributed by atoms with Crippen LogP contribution in [-0.2, 0) is 20.7 Å². The summed E-state index contributed by atoms with van der Waals surface area (Å²) >= 11 is 0. The van der Waals surface area contributed by atoms with E-state index in [1.54, 1.807) is 45.0 Å². The number of hydrogen-bond acceptors (Lipinski definition) is 5. The summed E-state index contributed by atoms with van der Waals surface area (Å²) in [6.45, 7) is 5.23. The molecule has 0 spiro atoms. The van der Waals surface area contributed by atoms with Crippen LogP contribution < -0.4 is 21.9 Å². The molecule has 29 heavy (non-hydrogen) atoms. The largest absolute Gasteiger partial charge is 0.444 e. The molecule has 1 aromatic rings. The number of carbonyl (C=O) groups is 3. The molecule has 1 fully saturated rings. The molecule has 1 aromatic carbocycles. The van der Waals surface area contributed by atoms with Gasteiger partial charge in [-0.2, -0.15) is 0 Å². The Morgan fingerprint density at radius 2 is 1.69 bits per heavy atom. The number of carbonyl (C=O) groups excluding carboxylic acids is 3. The minimum absolute atomic E-state index is 0.0848. The van der Waals surface area contributed by atoms with Crippen LogP contribution in [0.1, 0.15) is 58.4 Å². The summed E-state index contributed by atoms with van der Waals surface area (Å²) in [7, 11) is 0. The van der Waals surface area contributed by atoms with Gasteiger partial charge >= 0.3 is 6.09 Å². The maximum absolute atomic E-state index is 12.7. The number of nitrogens with two attached hydrogens (primary N) is 1. The summed E-state index contributed by atoms with van der Waals surface area (Å²) in [5.74, 6) is -0.795. The smallest absolute Gasteiger partial charge is 0.408 e. The Balaban J connectivity index is 1.99. The minimum atomic E-state index is -0.917. The van der Waals surface area contributed by atoms with E-state index >= 15 is 0 Å². The average Bonchev–Trinajstić information content (AvgIpc) is 2.66. The third-order valence-electron chi connectivity index (χ3n) is 4.71. The zero-order valence-electron chi connectivity index (χ0n) is 17.4. The van der Waals surface area contributed by atoms with E-state index in [9.17, 15) is 14.4 Å². The molecule has 1 aliphatic carbocycles. The van der Waals surface area contributed by atoms with Crippen molar-refractivity contribution in [1.82, 2.24) is 16.2 Å². The van der Waals surface area contributed by atoms with Gasteiger partial charge in [0.05, 0.1) is 0 Å². The third-order valence-corrected chi connectivity index (χ3v) is 4.71. The van der Waals surface area contributed by atoms with Crippen molar-refractivity contribution < 1.29 is 19.1 Å². The predicted molar refractivity (Wildman–Crippen MR) is 111 cm³/mol. The van der Waals surface area contributed by atoms with Crippen molar-refractivity contribution in [3.05, 3.63) is 29.8 Å². The molecule has 0 saturated heterocycles. The first-order valence-corrected chi connectivity index (χ1v) is 10.1. The number of amides is 3. The Morgan fingerprint density at radius 3 is 2.28 bits per heavy atom. The van der Waals surface area contributed by atoms with Gasteiger partial charge in [-0.3, -0.25) is 20.4 Å². The van der Waals surface area contributed by atoms with Gasteiger partial charge in [-0.1, -0.05) is 31.4 Å². The molecule has 5 N–H and O–H groups in total. The topological polar surface area (TPSA) is 123 Å². The van der Waals surface area contributed by atoms with Gasteiger partial charge in [-0.25, -0.2) is 4.79 Å². The van der Waals surface area contributed by atoms with Crippen LogP contribution in [0.3, 0.4) is 0 Å². The van der Waals surface area contributed by atoms with E-state index in [-0.39, 0.29) is 18.2 Å². The summed E-state index contributed by atoms with van der Waals surface area (Å²) < 4.78 is 5.26. The molecular formula is C21H32N4O4. The molecule has 0 unspecified atom stereocenters. The lowest BCUT2D eigenvalue weighted by atomic mass is 9.89. The highest BCUT2D eigenvalue weighted by molar-refractivity contribution is 5.88. The molecule has 0 aromatic heterocycles. The van der Waals surface area contributed by atoms with E-state index in [0.29, 0.717) is 5.69 Å². The predicted octanol–water partition coefficient (Wildman–Crippen LogP) is 2.43. The Bertz CT molecular complexity index is 706. The van der Waals surface area contributed by atoms with Gasteiger partial charge in [-0.05, 0) is 51.3 Å². The Labute approximate surface area is 171 Å².